The van der Waals surface area contributed by atoms with E-state index in [9.17, 15) is 4.79 Å². The lowest BCUT2D eigenvalue weighted by Gasteiger charge is -2.08. The zero-order valence-corrected chi connectivity index (χ0v) is 15.6. The summed E-state index contributed by atoms with van der Waals surface area (Å²) in [4.78, 5) is 12.6. The number of halogens is 1. The monoisotopic (exact) mass is 386 g/mol. The van der Waals surface area contributed by atoms with Gasteiger partial charge in [-0.15, -0.1) is 5.10 Å². The van der Waals surface area contributed by atoms with E-state index < -0.39 is 0 Å². The van der Waals surface area contributed by atoms with Crippen molar-refractivity contribution in [3.63, 3.8) is 0 Å². The van der Waals surface area contributed by atoms with Gasteiger partial charge in [0.15, 0.2) is 5.69 Å². The van der Waals surface area contributed by atoms with Gasteiger partial charge in [-0.05, 0) is 31.9 Å². The summed E-state index contributed by atoms with van der Waals surface area (Å²) in [6.07, 6.45) is 5.70. The molecule has 27 heavy (non-hydrogen) atoms. The summed E-state index contributed by atoms with van der Waals surface area (Å²) in [5.41, 5.74) is 2.12. The van der Waals surface area contributed by atoms with Gasteiger partial charge in [-0.1, -0.05) is 28.9 Å². The summed E-state index contributed by atoms with van der Waals surface area (Å²) in [7, 11) is 0. The number of amides is 1. The summed E-state index contributed by atoms with van der Waals surface area (Å²) >= 11 is 6.21. The molecule has 3 heterocycles. The first-order chi connectivity index (χ1) is 13.1. The number of hydrogen-bond acceptors (Lipinski definition) is 5. The van der Waals surface area contributed by atoms with E-state index >= 15 is 0 Å². The van der Waals surface area contributed by atoms with Crippen LogP contribution in [-0.4, -0.2) is 43.4 Å². The van der Waals surface area contributed by atoms with Gasteiger partial charge in [0.05, 0.1) is 40.9 Å². The molecule has 0 bridgehead atoms. The summed E-state index contributed by atoms with van der Waals surface area (Å²) < 4.78 is 8.94. The lowest BCUT2D eigenvalue weighted by molar-refractivity contribution is 0.0940. The molecule has 1 saturated heterocycles. The number of hydrogen-bond donors (Lipinski definition) is 1. The number of carbonyl (C=O) groups excluding carboxylic acids is 1. The van der Waals surface area contributed by atoms with Gasteiger partial charge in [-0.2, -0.15) is 5.10 Å². The smallest absolute Gasteiger partial charge is 0.278 e. The minimum absolute atomic E-state index is 0.186. The number of aromatic nitrogens is 5. The highest BCUT2D eigenvalue weighted by molar-refractivity contribution is 6.32. The van der Waals surface area contributed by atoms with Crippen molar-refractivity contribution in [2.24, 2.45) is 0 Å². The number of rotatable bonds is 5. The van der Waals surface area contributed by atoms with Gasteiger partial charge < -0.3 is 10.1 Å². The molecule has 0 saturated carbocycles. The Kier molecular flexibility index (Phi) is 4.91. The summed E-state index contributed by atoms with van der Waals surface area (Å²) in [5.74, 6) is -0.345. The molecule has 0 radical (unpaired) electrons. The minimum atomic E-state index is -0.345. The highest BCUT2D eigenvalue weighted by Gasteiger charge is 2.20. The molecule has 1 amide bonds. The molecule has 2 aromatic heterocycles. The fraction of sp³-hybridized carbons (Fsp3) is 0.333. The molecule has 3 aromatic rings. The van der Waals surface area contributed by atoms with Crippen molar-refractivity contribution in [1.82, 2.24) is 24.8 Å². The first-order valence-electron chi connectivity index (χ1n) is 8.74. The average Bonchev–Trinajstić information content (AvgIpc) is 3.38. The molecule has 0 aliphatic carbocycles. The molecule has 140 valence electrons. The maximum Gasteiger partial charge on any atom is 0.278 e. The molecule has 1 unspecified atom stereocenters. The van der Waals surface area contributed by atoms with Crippen molar-refractivity contribution in [3.8, 4) is 5.69 Å². The third-order valence-electron chi connectivity index (χ3n) is 4.50. The number of ether oxygens (including phenoxy) is 1. The minimum Gasteiger partial charge on any atom is -0.376 e. The topological polar surface area (TPSA) is 86.9 Å². The van der Waals surface area contributed by atoms with Crippen molar-refractivity contribution < 1.29 is 9.53 Å². The molecule has 1 aromatic carbocycles. The Hall–Kier alpha value is -2.71. The predicted molar refractivity (Wildman–Crippen MR) is 100 cm³/mol. The molecular weight excluding hydrogens is 368 g/mol. The zero-order valence-electron chi connectivity index (χ0n) is 14.8. The quantitative estimate of drug-likeness (QED) is 0.728. The second-order valence-electron chi connectivity index (χ2n) is 6.43. The van der Waals surface area contributed by atoms with Gasteiger partial charge in [-0.25, -0.2) is 4.68 Å². The van der Waals surface area contributed by atoms with Crippen LogP contribution in [0.25, 0.3) is 5.69 Å². The highest BCUT2D eigenvalue weighted by Crippen LogP contribution is 2.21. The Labute approximate surface area is 161 Å². The second-order valence-corrected chi connectivity index (χ2v) is 6.83. The first-order valence-corrected chi connectivity index (χ1v) is 9.12. The van der Waals surface area contributed by atoms with E-state index in [-0.39, 0.29) is 17.7 Å². The fourth-order valence-corrected chi connectivity index (χ4v) is 3.32. The Bertz CT molecular complexity index is 960. The van der Waals surface area contributed by atoms with E-state index in [0.717, 1.165) is 19.4 Å². The average molecular weight is 387 g/mol. The molecule has 1 aliphatic heterocycles. The van der Waals surface area contributed by atoms with Crippen LogP contribution in [0.5, 0.6) is 0 Å². The summed E-state index contributed by atoms with van der Waals surface area (Å²) in [5, 5.41) is 15.7. The van der Waals surface area contributed by atoms with Crippen LogP contribution in [0, 0.1) is 6.92 Å². The van der Waals surface area contributed by atoms with Gasteiger partial charge in [0.1, 0.15) is 0 Å². The zero-order chi connectivity index (χ0) is 18.8. The Balaban J connectivity index is 1.47. The van der Waals surface area contributed by atoms with Gasteiger partial charge in [-0.3, -0.25) is 9.48 Å². The van der Waals surface area contributed by atoms with Crippen molar-refractivity contribution in [2.75, 3.05) is 11.9 Å². The van der Waals surface area contributed by atoms with Crippen LogP contribution in [-0.2, 0) is 11.3 Å². The van der Waals surface area contributed by atoms with Gasteiger partial charge in [0.2, 0.25) is 0 Å². The lowest BCUT2D eigenvalue weighted by Crippen LogP contribution is -2.15. The van der Waals surface area contributed by atoms with Crippen molar-refractivity contribution >= 4 is 23.2 Å². The normalized spacial score (nSPS) is 16.6. The number of nitrogens with one attached hydrogen (secondary N) is 1. The standard InChI is InChI=1S/C18H19ClN6O2/c1-12-17(22-23-25(12)16-7-3-2-6-15(16)19)18(26)21-13-9-20-24(10-13)11-14-5-4-8-27-14/h2-3,6-7,9-10,14H,4-5,8,11H2,1H3,(H,21,26). The third-order valence-corrected chi connectivity index (χ3v) is 4.82. The van der Waals surface area contributed by atoms with Crippen LogP contribution in [0.1, 0.15) is 29.0 Å². The van der Waals surface area contributed by atoms with Crippen LogP contribution in [0.2, 0.25) is 5.02 Å². The van der Waals surface area contributed by atoms with E-state index in [4.69, 9.17) is 16.3 Å². The van der Waals surface area contributed by atoms with Crippen LogP contribution >= 0.6 is 11.6 Å². The molecule has 1 atom stereocenters. The van der Waals surface area contributed by atoms with Gasteiger partial charge in [0, 0.05) is 12.8 Å². The van der Waals surface area contributed by atoms with Crippen LogP contribution < -0.4 is 5.32 Å². The molecule has 1 aliphatic rings. The number of carbonyl (C=O) groups is 1. The van der Waals surface area contributed by atoms with Crippen LogP contribution in [0.4, 0.5) is 5.69 Å². The number of nitrogens with zero attached hydrogens (tertiary/aromatic N) is 5. The second kappa shape index (κ2) is 7.50. The molecule has 4 rings (SSSR count). The fourth-order valence-electron chi connectivity index (χ4n) is 3.11. The Morgan fingerprint density at radius 2 is 2.26 bits per heavy atom. The highest BCUT2D eigenvalue weighted by atomic mass is 35.5. The van der Waals surface area contributed by atoms with E-state index in [1.807, 2.05) is 18.2 Å². The Morgan fingerprint density at radius 1 is 1.41 bits per heavy atom. The molecule has 1 N–H and O–H groups in total. The van der Waals surface area contributed by atoms with Gasteiger partial charge in [0.25, 0.3) is 5.91 Å². The third kappa shape index (κ3) is 3.72. The van der Waals surface area contributed by atoms with E-state index in [1.165, 1.54) is 0 Å². The lowest BCUT2D eigenvalue weighted by atomic mass is 10.2. The molecule has 0 spiro atoms. The van der Waals surface area contributed by atoms with Crippen LogP contribution in [0.3, 0.4) is 0 Å². The molecule has 9 heteroatoms. The summed E-state index contributed by atoms with van der Waals surface area (Å²) in [6.45, 7) is 3.26. The Morgan fingerprint density at radius 3 is 3.04 bits per heavy atom. The maximum absolute atomic E-state index is 12.6. The molecule has 8 nitrogen and oxygen atoms in total. The number of para-hydroxylation sites is 1. The van der Waals surface area contributed by atoms with Crippen LogP contribution in [0.15, 0.2) is 36.7 Å². The maximum atomic E-state index is 12.6. The number of benzene rings is 1. The molecule has 1 fully saturated rings. The first kappa shape index (κ1) is 17.7. The van der Waals surface area contributed by atoms with Crippen molar-refractivity contribution in [3.05, 3.63) is 53.1 Å². The van der Waals surface area contributed by atoms with E-state index in [0.29, 0.717) is 28.6 Å². The SMILES string of the molecule is Cc1c(C(=O)Nc2cnn(CC3CCCO3)c2)nnn1-c1ccccc1Cl. The molecular formula is C18H19ClN6O2. The largest absolute Gasteiger partial charge is 0.376 e. The number of anilines is 1. The van der Waals surface area contributed by atoms with Gasteiger partial charge >= 0.3 is 0 Å². The predicted octanol–water partition coefficient (Wildman–Crippen LogP) is 2.86. The van der Waals surface area contributed by atoms with Crippen molar-refractivity contribution in [1.29, 1.82) is 0 Å². The van der Waals surface area contributed by atoms with Crippen molar-refractivity contribution in [2.45, 2.75) is 32.4 Å². The summed E-state index contributed by atoms with van der Waals surface area (Å²) in [6, 6.07) is 7.27. The van der Waals surface area contributed by atoms with E-state index in [2.05, 4.69) is 20.7 Å². The van der Waals surface area contributed by atoms with E-state index in [1.54, 1.807) is 34.7 Å².